The molecule has 6 nitrogen and oxygen atoms in total. The van der Waals surface area contributed by atoms with Gasteiger partial charge in [0.2, 0.25) is 0 Å². The van der Waals surface area contributed by atoms with Gasteiger partial charge in [0, 0.05) is 22.6 Å². The second-order valence-corrected chi connectivity index (χ2v) is 4.62. The SMILES string of the molecule is [N-]=[N+]=NCC(C(=O)O)c1cccc(C(=O)c2ccccc2)c1. The molecule has 0 spiro atoms. The lowest BCUT2D eigenvalue weighted by Gasteiger charge is -2.11. The van der Waals surface area contributed by atoms with Gasteiger partial charge in [-0.25, -0.2) is 0 Å². The Kier molecular flexibility index (Phi) is 4.90. The minimum Gasteiger partial charge on any atom is -0.481 e. The van der Waals surface area contributed by atoms with Crippen LogP contribution >= 0.6 is 0 Å². The van der Waals surface area contributed by atoms with Gasteiger partial charge in [-0.1, -0.05) is 53.6 Å². The summed E-state index contributed by atoms with van der Waals surface area (Å²) < 4.78 is 0. The van der Waals surface area contributed by atoms with E-state index in [0.717, 1.165) is 0 Å². The van der Waals surface area contributed by atoms with Crippen molar-refractivity contribution in [3.8, 4) is 0 Å². The molecule has 110 valence electrons. The minimum atomic E-state index is -1.10. The maximum absolute atomic E-state index is 12.4. The van der Waals surface area contributed by atoms with Gasteiger partial charge in [0.15, 0.2) is 5.78 Å². The molecular formula is C16H13N3O3. The first-order valence-electron chi connectivity index (χ1n) is 6.57. The average molecular weight is 295 g/mol. The molecule has 0 bridgehead atoms. The molecule has 0 fully saturated rings. The number of carboxylic acids is 1. The fourth-order valence-electron chi connectivity index (χ4n) is 2.10. The molecule has 0 heterocycles. The van der Waals surface area contributed by atoms with E-state index in [9.17, 15) is 14.7 Å². The van der Waals surface area contributed by atoms with Gasteiger partial charge in [0.25, 0.3) is 0 Å². The van der Waals surface area contributed by atoms with E-state index < -0.39 is 11.9 Å². The Labute approximate surface area is 126 Å². The molecule has 6 heteroatoms. The number of hydrogen-bond acceptors (Lipinski definition) is 3. The van der Waals surface area contributed by atoms with Crippen LogP contribution in [-0.4, -0.2) is 23.4 Å². The highest BCUT2D eigenvalue weighted by atomic mass is 16.4. The van der Waals surface area contributed by atoms with Gasteiger partial charge in [-0.3, -0.25) is 9.59 Å². The summed E-state index contributed by atoms with van der Waals surface area (Å²) in [7, 11) is 0. The zero-order valence-electron chi connectivity index (χ0n) is 11.6. The molecule has 0 aliphatic heterocycles. The molecule has 1 atom stereocenters. The summed E-state index contributed by atoms with van der Waals surface area (Å²) in [5, 5.41) is 12.5. The summed E-state index contributed by atoms with van der Waals surface area (Å²) in [4.78, 5) is 26.2. The number of azide groups is 1. The summed E-state index contributed by atoms with van der Waals surface area (Å²) in [6, 6.07) is 15.1. The topological polar surface area (TPSA) is 103 Å². The van der Waals surface area contributed by atoms with E-state index in [1.54, 1.807) is 42.5 Å². The van der Waals surface area contributed by atoms with E-state index in [0.29, 0.717) is 16.7 Å². The Morgan fingerprint density at radius 2 is 1.77 bits per heavy atom. The molecule has 0 radical (unpaired) electrons. The summed E-state index contributed by atoms with van der Waals surface area (Å²) >= 11 is 0. The predicted molar refractivity (Wildman–Crippen MR) is 80.7 cm³/mol. The zero-order valence-corrected chi connectivity index (χ0v) is 11.6. The van der Waals surface area contributed by atoms with Crippen molar-refractivity contribution in [3.05, 3.63) is 81.7 Å². The van der Waals surface area contributed by atoms with Crippen molar-refractivity contribution < 1.29 is 14.7 Å². The molecule has 0 saturated heterocycles. The molecule has 1 N–H and O–H groups in total. The van der Waals surface area contributed by atoms with Crippen molar-refractivity contribution in [2.75, 3.05) is 6.54 Å². The van der Waals surface area contributed by atoms with Gasteiger partial charge in [0.1, 0.15) is 0 Å². The van der Waals surface area contributed by atoms with Crippen molar-refractivity contribution in [3.63, 3.8) is 0 Å². The third-order valence-electron chi connectivity index (χ3n) is 3.21. The van der Waals surface area contributed by atoms with Gasteiger partial charge in [-0.2, -0.15) is 0 Å². The smallest absolute Gasteiger partial charge is 0.311 e. The highest BCUT2D eigenvalue weighted by Crippen LogP contribution is 2.20. The number of benzene rings is 2. The second kappa shape index (κ2) is 7.06. The third-order valence-corrected chi connectivity index (χ3v) is 3.21. The van der Waals surface area contributed by atoms with E-state index in [4.69, 9.17) is 5.53 Å². The average Bonchev–Trinajstić information content (AvgIpc) is 2.55. The van der Waals surface area contributed by atoms with Crippen LogP contribution in [0.4, 0.5) is 0 Å². The number of carbonyl (C=O) groups excluding carboxylic acids is 1. The molecule has 0 aromatic heterocycles. The number of carbonyl (C=O) groups is 2. The molecule has 2 rings (SSSR count). The first-order chi connectivity index (χ1) is 10.6. The summed E-state index contributed by atoms with van der Waals surface area (Å²) in [5.41, 5.74) is 9.71. The fraction of sp³-hybridized carbons (Fsp3) is 0.125. The van der Waals surface area contributed by atoms with Gasteiger partial charge in [-0.15, -0.1) is 0 Å². The number of ketones is 1. The maximum atomic E-state index is 12.4. The molecule has 1 unspecified atom stereocenters. The highest BCUT2D eigenvalue weighted by Gasteiger charge is 2.20. The van der Waals surface area contributed by atoms with Crippen LogP contribution in [-0.2, 0) is 4.79 Å². The quantitative estimate of drug-likeness (QED) is 0.382. The first kappa shape index (κ1) is 15.3. The van der Waals surface area contributed by atoms with E-state index in [1.165, 1.54) is 6.07 Å². The maximum Gasteiger partial charge on any atom is 0.311 e. The van der Waals surface area contributed by atoms with Crippen LogP contribution in [0.2, 0.25) is 0 Å². The van der Waals surface area contributed by atoms with Crippen LogP contribution < -0.4 is 0 Å². The van der Waals surface area contributed by atoms with Crippen molar-refractivity contribution in [1.29, 1.82) is 0 Å². The number of nitrogens with zero attached hydrogens (tertiary/aromatic N) is 3. The first-order valence-corrected chi connectivity index (χ1v) is 6.57. The third kappa shape index (κ3) is 3.50. The van der Waals surface area contributed by atoms with Crippen molar-refractivity contribution in [2.24, 2.45) is 5.11 Å². The molecule has 0 aliphatic rings. The van der Waals surface area contributed by atoms with Crippen molar-refractivity contribution in [1.82, 2.24) is 0 Å². The van der Waals surface area contributed by atoms with Gasteiger partial charge in [0.05, 0.1) is 5.92 Å². The monoisotopic (exact) mass is 295 g/mol. The van der Waals surface area contributed by atoms with Crippen LogP contribution in [0.1, 0.15) is 27.4 Å². The number of hydrogen-bond donors (Lipinski definition) is 1. The fourth-order valence-corrected chi connectivity index (χ4v) is 2.10. The lowest BCUT2D eigenvalue weighted by atomic mass is 9.94. The van der Waals surface area contributed by atoms with Crippen molar-refractivity contribution in [2.45, 2.75) is 5.92 Å². The molecule has 2 aromatic carbocycles. The minimum absolute atomic E-state index is 0.185. The molecule has 2 aromatic rings. The van der Waals surface area contributed by atoms with Crippen molar-refractivity contribution >= 4 is 11.8 Å². The molecule has 0 amide bonds. The van der Waals surface area contributed by atoms with Crippen LogP contribution in [0, 0.1) is 0 Å². The standard InChI is InChI=1S/C16H13N3O3/c17-19-18-10-14(16(21)22)12-7-4-8-13(9-12)15(20)11-5-2-1-3-6-11/h1-9,14H,10H2,(H,21,22). The Morgan fingerprint density at radius 3 is 2.41 bits per heavy atom. The van der Waals surface area contributed by atoms with Gasteiger partial charge < -0.3 is 5.11 Å². The number of aliphatic carboxylic acids is 1. The van der Waals surface area contributed by atoms with Crippen LogP contribution in [0.3, 0.4) is 0 Å². The predicted octanol–water partition coefficient (Wildman–Crippen LogP) is 3.40. The second-order valence-electron chi connectivity index (χ2n) is 4.62. The molecule has 22 heavy (non-hydrogen) atoms. The van der Waals surface area contributed by atoms with Crippen LogP contribution in [0.5, 0.6) is 0 Å². The summed E-state index contributed by atoms with van der Waals surface area (Å²) in [6.07, 6.45) is 0. The van der Waals surface area contributed by atoms with Gasteiger partial charge in [-0.05, 0) is 17.2 Å². The Balaban J connectivity index is 2.35. The normalized spacial score (nSPS) is 11.3. The molecule has 0 aliphatic carbocycles. The Morgan fingerprint density at radius 1 is 1.09 bits per heavy atom. The molecule has 0 saturated carbocycles. The van der Waals surface area contributed by atoms with E-state index in [-0.39, 0.29) is 12.3 Å². The van der Waals surface area contributed by atoms with E-state index in [2.05, 4.69) is 10.0 Å². The van der Waals surface area contributed by atoms with Crippen LogP contribution in [0.25, 0.3) is 10.4 Å². The Bertz CT molecular complexity index is 737. The number of carboxylic acid groups (broad SMARTS) is 1. The highest BCUT2D eigenvalue weighted by molar-refractivity contribution is 6.09. The summed E-state index contributed by atoms with van der Waals surface area (Å²) in [6.45, 7) is -0.200. The van der Waals surface area contributed by atoms with E-state index >= 15 is 0 Å². The summed E-state index contributed by atoms with van der Waals surface area (Å²) in [5.74, 6) is -2.26. The number of rotatable bonds is 6. The Hall–Kier alpha value is -3.11. The zero-order chi connectivity index (χ0) is 15.9. The molecular weight excluding hydrogens is 282 g/mol. The lowest BCUT2D eigenvalue weighted by molar-refractivity contribution is -0.138. The van der Waals surface area contributed by atoms with E-state index in [1.807, 2.05) is 6.07 Å². The van der Waals surface area contributed by atoms with Crippen LogP contribution in [0.15, 0.2) is 59.7 Å². The largest absolute Gasteiger partial charge is 0.481 e. The van der Waals surface area contributed by atoms with Gasteiger partial charge >= 0.3 is 5.97 Å². The lowest BCUT2D eigenvalue weighted by Crippen LogP contribution is -2.15.